The molecule has 0 saturated heterocycles. The van der Waals surface area contributed by atoms with Crippen LogP contribution in [0.2, 0.25) is 0 Å². The Kier molecular flexibility index (Phi) is 4.41. The molecule has 0 atom stereocenters. The van der Waals surface area contributed by atoms with E-state index in [2.05, 4.69) is 0 Å². The lowest BCUT2D eigenvalue weighted by atomic mass is 9.98. The Hall–Kier alpha value is -2.29. The Bertz CT molecular complexity index is 621. The molecule has 0 saturated carbocycles. The summed E-state index contributed by atoms with van der Waals surface area (Å²) >= 11 is 0. The third-order valence-corrected chi connectivity index (χ3v) is 2.96. The second kappa shape index (κ2) is 6.24. The van der Waals surface area contributed by atoms with Crippen molar-refractivity contribution in [3.8, 4) is 0 Å². The highest BCUT2D eigenvalue weighted by molar-refractivity contribution is 5.96. The van der Waals surface area contributed by atoms with Gasteiger partial charge in [-0.2, -0.15) is 0 Å². The van der Waals surface area contributed by atoms with Gasteiger partial charge in [0.25, 0.3) is 0 Å². The van der Waals surface area contributed by atoms with Gasteiger partial charge in [0, 0.05) is 11.6 Å². The molecule has 1 aromatic carbocycles. The molecule has 0 spiro atoms. The first kappa shape index (κ1) is 14.1. The van der Waals surface area contributed by atoms with E-state index in [0.717, 1.165) is 28.2 Å². The number of aryl methyl sites for hydroxylation is 2. The zero-order valence-electron chi connectivity index (χ0n) is 12.0. The first-order chi connectivity index (χ1) is 9.61. The van der Waals surface area contributed by atoms with E-state index in [0.29, 0.717) is 6.61 Å². The lowest BCUT2D eigenvalue weighted by Crippen LogP contribution is -2.02. The maximum atomic E-state index is 11.8. The van der Waals surface area contributed by atoms with Gasteiger partial charge in [0.05, 0.1) is 6.61 Å². The fraction of sp³-hybridized carbons (Fsp3) is 0.235. The summed E-state index contributed by atoms with van der Waals surface area (Å²) in [6.07, 6.45) is 1.52. The number of hydrogen-bond donors (Lipinski definition) is 0. The van der Waals surface area contributed by atoms with E-state index in [1.165, 1.54) is 6.08 Å². The highest BCUT2D eigenvalue weighted by Gasteiger charge is 2.14. The van der Waals surface area contributed by atoms with Crippen LogP contribution >= 0.6 is 0 Å². The molecule has 0 aliphatic carbocycles. The van der Waals surface area contributed by atoms with Crippen molar-refractivity contribution in [2.75, 3.05) is 6.61 Å². The molecule has 20 heavy (non-hydrogen) atoms. The third kappa shape index (κ3) is 3.18. The first-order valence-corrected chi connectivity index (χ1v) is 6.63. The Morgan fingerprint density at radius 2 is 1.95 bits per heavy atom. The molecule has 2 rings (SSSR count). The van der Waals surface area contributed by atoms with Crippen LogP contribution in [0.5, 0.6) is 0 Å². The largest absolute Gasteiger partial charge is 0.466 e. The van der Waals surface area contributed by atoms with E-state index in [1.54, 1.807) is 6.92 Å². The van der Waals surface area contributed by atoms with Crippen LogP contribution in [0.3, 0.4) is 0 Å². The smallest absolute Gasteiger partial charge is 0.331 e. The predicted molar refractivity (Wildman–Crippen MR) is 78.3 cm³/mol. The maximum absolute atomic E-state index is 11.8. The minimum atomic E-state index is -0.343. The van der Waals surface area contributed by atoms with Gasteiger partial charge in [0.15, 0.2) is 0 Å². The van der Waals surface area contributed by atoms with E-state index in [-0.39, 0.29) is 5.97 Å². The number of furan rings is 1. The first-order valence-electron chi connectivity index (χ1n) is 6.63. The zero-order chi connectivity index (χ0) is 14.5. The van der Waals surface area contributed by atoms with Crippen LogP contribution in [-0.4, -0.2) is 12.6 Å². The second-order valence-corrected chi connectivity index (χ2v) is 4.50. The average molecular weight is 270 g/mol. The number of rotatable bonds is 4. The maximum Gasteiger partial charge on any atom is 0.331 e. The van der Waals surface area contributed by atoms with E-state index in [1.807, 2.05) is 50.2 Å². The van der Waals surface area contributed by atoms with Gasteiger partial charge in [-0.25, -0.2) is 4.79 Å². The Labute approximate surface area is 118 Å². The summed E-state index contributed by atoms with van der Waals surface area (Å²) in [5, 5.41) is 0. The molecule has 0 bridgehead atoms. The normalized spacial score (nSPS) is 11.4. The van der Waals surface area contributed by atoms with Crippen molar-refractivity contribution in [3.63, 3.8) is 0 Å². The quantitative estimate of drug-likeness (QED) is 0.625. The fourth-order valence-corrected chi connectivity index (χ4v) is 2.13. The number of esters is 1. The molecular weight excluding hydrogens is 252 g/mol. The Balaban J connectivity index is 2.50. The van der Waals surface area contributed by atoms with Crippen molar-refractivity contribution >= 4 is 11.5 Å². The molecular formula is C17H18O3. The van der Waals surface area contributed by atoms with Gasteiger partial charge in [0.2, 0.25) is 0 Å². The molecule has 0 aliphatic rings. The molecule has 3 nitrogen and oxygen atoms in total. The average Bonchev–Trinajstić information content (AvgIpc) is 2.76. The minimum Gasteiger partial charge on any atom is -0.466 e. The molecule has 0 radical (unpaired) electrons. The van der Waals surface area contributed by atoms with Crippen molar-refractivity contribution in [1.82, 2.24) is 0 Å². The molecule has 2 aromatic rings. The van der Waals surface area contributed by atoms with Gasteiger partial charge < -0.3 is 9.15 Å². The van der Waals surface area contributed by atoms with E-state index in [4.69, 9.17) is 9.15 Å². The van der Waals surface area contributed by atoms with Crippen molar-refractivity contribution in [2.24, 2.45) is 0 Å². The fourth-order valence-electron chi connectivity index (χ4n) is 2.13. The van der Waals surface area contributed by atoms with Crippen LogP contribution in [0.15, 0.2) is 46.9 Å². The van der Waals surface area contributed by atoms with Gasteiger partial charge >= 0.3 is 5.97 Å². The Morgan fingerprint density at radius 3 is 2.50 bits per heavy atom. The zero-order valence-corrected chi connectivity index (χ0v) is 12.0. The molecule has 0 amide bonds. The number of carbonyl (C=O) groups is 1. The lowest BCUT2D eigenvalue weighted by molar-refractivity contribution is -0.137. The summed E-state index contributed by atoms with van der Waals surface area (Å²) in [6, 6.07) is 11.7. The van der Waals surface area contributed by atoms with E-state index in [9.17, 15) is 4.79 Å². The number of ether oxygens (including phenoxy) is 1. The highest BCUT2D eigenvalue weighted by atomic mass is 16.5. The summed E-state index contributed by atoms with van der Waals surface area (Å²) in [7, 11) is 0. The molecule has 0 unspecified atom stereocenters. The van der Waals surface area contributed by atoms with Gasteiger partial charge in [-0.1, -0.05) is 30.3 Å². The number of hydrogen-bond acceptors (Lipinski definition) is 3. The van der Waals surface area contributed by atoms with Crippen LogP contribution in [-0.2, 0) is 9.53 Å². The van der Waals surface area contributed by atoms with Crippen molar-refractivity contribution in [1.29, 1.82) is 0 Å². The third-order valence-electron chi connectivity index (χ3n) is 2.96. The molecule has 0 aliphatic heterocycles. The molecule has 0 N–H and O–H groups in total. The molecule has 0 fully saturated rings. The van der Waals surface area contributed by atoms with Crippen molar-refractivity contribution in [2.45, 2.75) is 20.8 Å². The molecule has 104 valence electrons. The minimum absolute atomic E-state index is 0.343. The summed E-state index contributed by atoms with van der Waals surface area (Å²) in [5.74, 6) is 1.27. The van der Waals surface area contributed by atoms with Crippen molar-refractivity contribution in [3.05, 3.63) is 65.1 Å². The molecule has 1 heterocycles. The molecule has 3 heteroatoms. The van der Waals surface area contributed by atoms with Crippen LogP contribution in [0.1, 0.15) is 29.6 Å². The molecule has 1 aromatic heterocycles. The van der Waals surface area contributed by atoms with Gasteiger partial charge in [-0.3, -0.25) is 0 Å². The highest BCUT2D eigenvalue weighted by Crippen LogP contribution is 2.28. The SMILES string of the molecule is CCOC(=O)/C=C(\c1ccccc1)c1cc(C)oc1C. The van der Waals surface area contributed by atoms with E-state index < -0.39 is 0 Å². The number of carbonyl (C=O) groups excluding carboxylic acids is 1. The van der Waals surface area contributed by atoms with Crippen LogP contribution < -0.4 is 0 Å². The second-order valence-electron chi connectivity index (χ2n) is 4.50. The Morgan fingerprint density at radius 1 is 1.25 bits per heavy atom. The number of benzene rings is 1. The summed E-state index contributed by atoms with van der Waals surface area (Å²) in [5.41, 5.74) is 2.70. The monoisotopic (exact) mass is 270 g/mol. The van der Waals surface area contributed by atoms with Crippen LogP contribution in [0.25, 0.3) is 5.57 Å². The van der Waals surface area contributed by atoms with Crippen LogP contribution in [0, 0.1) is 13.8 Å². The summed E-state index contributed by atoms with van der Waals surface area (Å²) < 4.78 is 10.6. The van der Waals surface area contributed by atoms with Gasteiger partial charge in [-0.15, -0.1) is 0 Å². The van der Waals surface area contributed by atoms with Gasteiger partial charge in [-0.05, 0) is 38.0 Å². The van der Waals surface area contributed by atoms with Gasteiger partial charge in [0.1, 0.15) is 11.5 Å². The lowest BCUT2D eigenvalue weighted by Gasteiger charge is -2.07. The van der Waals surface area contributed by atoms with E-state index >= 15 is 0 Å². The standard InChI is InChI=1S/C17H18O3/c1-4-19-17(18)11-16(14-8-6-5-7-9-14)15-10-12(2)20-13(15)3/h5-11H,4H2,1-3H3/b16-11+. The topological polar surface area (TPSA) is 39.4 Å². The summed E-state index contributed by atoms with van der Waals surface area (Å²) in [4.78, 5) is 11.8. The summed E-state index contributed by atoms with van der Waals surface area (Å²) in [6.45, 7) is 5.94. The van der Waals surface area contributed by atoms with Crippen LogP contribution in [0.4, 0.5) is 0 Å². The van der Waals surface area contributed by atoms with Crippen molar-refractivity contribution < 1.29 is 13.9 Å². The predicted octanol–water partition coefficient (Wildman–Crippen LogP) is 3.89.